The zero-order chi connectivity index (χ0) is 13.3. The van der Waals surface area contributed by atoms with Crippen LogP contribution in [0.3, 0.4) is 0 Å². The van der Waals surface area contributed by atoms with Crippen molar-refractivity contribution in [3.63, 3.8) is 0 Å². The van der Waals surface area contributed by atoms with Crippen molar-refractivity contribution in [1.29, 1.82) is 0 Å². The van der Waals surface area contributed by atoms with Crippen LogP contribution >= 0.6 is 0 Å². The van der Waals surface area contributed by atoms with E-state index in [-0.39, 0.29) is 5.97 Å². The van der Waals surface area contributed by atoms with Crippen molar-refractivity contribution < 1.29 is 9.53 Å². The second-order valence-corrected chi connectivity index (χ2v) is 4.89. The average Bonchev–Trinajstić information content (AvgIpc) is 2.47. The molecule has 2 rings (SSSR count). The molecular formula is C16H21NO2. The standard InChI is InChI=1S/C16H21NO2/c18-16(7-6-14-4-2-1-3-5-14)19-13-10-15-8-11-17-12-9-15/h1-7,15,17H,8-13H2/b7-6+. The van der Waals surface area contributed by atoms with Crippen LogP contribution in [0.5, 0.6) is 0 Å². The van der Waals surface area contributed by atoms with Gasteiger partial charge in [0.15, 0.2) is 0 Å². The van der Waals surface area contributed by atoms with Gasteiger partial charge in [0.1, 0.15) is 0 Å². The van der Waals surface area contributed by atoms with Gasteiger partial charge in [-0.3, -0.25) is 0 Å². The van der Waals surface area contributed by atoms with Gasteiger partial charge in [-0.2, -0.15) is 0 Å². The fraction of sp³-hybridized carbons (Fsp3) is 0.438. The van der Waals surface area contributed by atoms with E-state index in [0.717, 1.165) is 25.1 Å². The minimum absolute atomic E-state index is 0.252. The number of piperidine rings is 1. The Balaban J connectivity index is 1.65. The van der Waals surface area contributed by atoms with E-state index in [1.807, 2.05) is 30.3 Å². The van der Waals surface area contributed by atoms with Gasteiger partial charge in [-0.25, -0.2) is 4.79 Å². The zero-order valence-electron chi connectivity index (χ0n) is 11.2. The van der Waals surface area contributed by atoms with Crippen LogP contribution in [0.15, 0.2) is 36.4 Å². The first-order valence-corrected chi connectivity index (χ1v) is 6.95. The third kappa shape index (κ3) is 5.26. The highest BCUT2D eigenvalue weighted by atomic mass is 16.5. The summed E-state index contributed by atoms with van der Waals surface area (Å²) in [7, 11) is 0. The maximum absolute atomic E-state index is 11.5. The molecule has 0 unspecified atom stereocenters. The molecule has 1 aliphatic heterocycles. The lowest BCUT2D eigenvalue weighted by Crippen LogP contribution is -2.28. The zero-order valence-corrected chi connectivity index (χ0v) is 11.2. The molecule has 0 aromatic heterocycles. The van der Waals surface area contributed by atoms with E-state index in [4.69, 9.17) is 4.74 Å². The number of nitrogens with one attached hydrogen (secondary N) is 1. The first-order chi connectivity index (χ1) is 9.34. The third-order valence-corrected chi connectivity index (χ3v) is 3.44. The molecule has 0 radical (unpaired) electrons. The van der Waals surface area contributed by atoms with Gasteiger partial charge in [0.25, 0.3) is 0 Å². The first-order valence-electron chi connectivity index (χ1n) is 6.95. The number of benzene rings is 1. The SMILES string of the molecule is O=C(/C=C/c1ccccc1)OCCC1CCNCC1. The predicted octanol–water partition coefficient (Wildman–Crippen LogP) is 2.63. The fourth-order valence-corrected chi connectivity index (χ4v) is 2.27. The van der Waals surface area contributed by atoms with Crippen molar-refractivity contribution in [2.75, 3.05) is 19.7 Å². The molecule has 0 saturated carbocycles. The summed E-state index contributed by atoms with van der Waals surface area (Å²) in [5.41, 5.74) is 1.01. The summed E-state index contributed by atoms with van der Waals surface area (Å²) in [6.07, 6.45) is 6.64. The van der Waals surface area contributed by atoms with Gasteiger partial charge >= 0.3 is 5.97 Å². The Bertz CT molecular complexity index is 408. The van der Waals surface area contributed by atoms with Crippen LogP contribution in [0.1, 0.15) is 24.8 Å². The summed E-state index contributed by atoms with van der Waals surface area (Å²) in [5.74, 6) is 0.449. The van der Waals surface area contributed by atoms with Crippen molar-refractivity contribution in [3.05, 3.63) is 42.0 Å². The van der Waals surface area contributed by atoms with Crippen LogP contribution in [0.2, 0.25) is 0 Å². The lowest BCUT2D eigenvalue weighted by atomic mass is 9.95. The molecule has 1 N–H and O–H groups in total. The minimum atomic E-state index is -0.252. The van der Waals surface area contributed by atoms with Crippen LogP contribution < -0.4 is 5.32 Å². The van der Waals surface area contributed by atoms with Crippen LogP contribution in [0, 0.1) is 5.92 Å². The van der Waals surface area contributed by atoms with Crippen molar-refractivity contribution in [1.82, 2.24) is 5.32 Å². The Labute approximate surface area is 114 Å². The summed E-state index contributed by atoms with van der Waals surface area (Å²) >= 11 is 0. The molecule has 0 aliphatic carbocycles. The maximum atomic E-state index is 11.5. The smallest absolute Gasteiger partial charge is 0.330 e. The van der Waals surface area contributed by atoms with Crippen molar-refractivity contribution in [3.8, 4) is 0 Å². The van der Waals surface area contributed by atoms with Gasteiger partial charge < -0.3 is 10.1 Å². The molecule has 19 heavy (non-hydrogen) atoms. The highest BCUT2D eigenvalue weighted by Crippen LogP contribution is 2.15. The molecule has 1 fully saturated rings. The van der Waals surface area contributed by atoms with Crippen LogP contribution in [-0.4, -0.2) is 25.7 Å². The third-order valence-electron chi connectivity index (χ3n) is 3.44. The normalized spacial score (nSPS) is 16.6. The number of carbonyl (C=O) groups excluding carboxylic acids is 1. The second kappa shape index (κ2) is 7.74. The topological polar surface area (TPSA) is 38.3 Å². The summed E-state index contributed by atoms with van der Waals surface area (Å²) < 4.78 is 5.22. The minimum Gasteiger partial charge on any atom is -0.463 e. The molecule has 1 aromatic carbocycles. The van der Waals surface area contributed by atoms with Crippen LogP contribution in [0.25, 0.3) is 6.08 Å². The van der Waals surface area contributed by atoms with Gasteiger partial charge in [0.05, 0.1) is 6.61 Å². The van der Waals surface area contributed by atoms with E-state index in [1.165, 1.54) is 18.9 Å². The Morgan fingerprint density at radius 3 is 2.74 bits per heavy atom. The van der Waals surface area contributed by atoms with E-state index in [9.17, 15) is 4.79 Å². The first kappa shape index (κ1) is 13.8. The summed E-state index contributed by atoms with van der Waals surface area (Å²) in [6, 6.07) is 9.76. The fourth-order valence-electron chi connectivity index (χ4n) is 2.27. The predicted molar refractivity (Wildman–Crippen MR) is 76.6 cm³/mol. The molecule has 1 heterocycles. The van der Waals surface area contributed by atoms with Crippen molar-refractivity contribution in [2.45, 2.75) is 19.3 Å². The number of hydrogen-bond acceptors (Lipinski definition) is 3. The molecule has 0 atom stereocenters. The van der Waals surface area contributed by atoms with Gasteiger partial charge in [-0.1, -0.05) is 30.3 Å². The lowest BCUT2D eigenvalue weighted by Gasteiger charge is -2.21. The van der Waals surface area contributed by atoms with Gasteiger partial charge in [-0.15, -0.1) is 0 Å². The molecule has 102 valence electrons. The highest BCUT2D eigenvalue weighted by molar-refractivity contribution is 5.86. The number of rotatable bonds is 5. The largest absolute Gasteiger partial charge is 0.463 e. The Morgan fingerprint density at radius 1 is 1.26 bits per heavy atom. The molecule has 0 spiro atoms. The van der Waals surface area contributed by atoms with E-state index in [1.54, 1.807) is 6.08 Å². The molecule has 3 nitrogen and oxygen atoms in total. The van der Waals surface area contributed by atoms with E-state index in [2.05, 4.69) is 5.32 Å². The van der Waals surface area contributed by atoms with Gasteiger partial charge in [-0.05, 0) is 49.9 Å². The molecule has 0 amide bonds. The van der Waals surface area contributed by atoms with E-state index < -0.39 is 0 Å². The van der Waals surface area contributed by atoms with Gasteiger partial charge in [0, 0.05) is 6.08 Å². The Hall–Kier alpha value is -1.61. The second-order valence-electron chi connectivity index (χ2n) is 4.89. The number of hydrogen-bond donors (Lipinski definition) is 1. The summed E-state index contributed by atoms with van der Waals surface area (Å²) in [6.45, 7) is 2.71. The van der Waals surface area contributed by atoms with Crippen molar-refractivity contribution in [2.24, 2.45) is 5.92 Å². The quantitative estimate of drug-likeness (QED) is 0.652. The lowest BCUT2D eigenvalue weighted by molar-refractivity contribution is -0.138. The number of carbonyl (C=O) groups is 1. The highest BCUT2D eigenvalue weighted by Gasteiger charge is 2.12. The number of ether oxygens (including phenoxy) is 1. The van der Waals surface area contributed by atoms with Crippen molar-refractivity contribution >= 4 is 12.0 Å². The monoisotopic (exact) mass is 259 g/mol. The van der Waals surface area contributed by atoms with Gasteiger partial charge in [0.2, 0.25) is 0 Å². The summed E-state index contributed by atoms with van der Waals surface area (Å²) in [4.78, 5) is 11.5. The van der Waals surface area contributed by atoms with E-state index in [0.29, 0.717) is 12.5 Å². The maximum Gasteiger partial charge on any atom is 0.330 e. The van der Waals surface area contributed by atoms with Crippen LogP contribution in [0.4, 0.5) is 0 Å². The average molecular weight is 259 g/mol. The molecule has 1 aromatic rings. The molecule has 1 aliphatic rings. The molecule has 3 heteroatoms. The Kier molecular flexibility index (Phi) is 5.63. The molecule has 1 saturated heterocycles. The molecular weight excluding hydrogens is 238 g/mol. The molecule has 0 bridgehead atoms. The number of esters is 1. The summed E-state index contributed by atoms with van der Waals surface area (Å²) in [5, 5.41) is 3.33. The van der Waals surface area contributed by atoms with Crippen LogP contribution in [-0.2, 0) is 9.53 Å². The van der Waals surface area contributed by atoms with E-state index >= 15 is 0 Å². The Morgan fingerprint density at radius 2 is 2.00 bits per heavy atom.